The van der Waals surface area contributed by atoms with Gasteiger partial charge in [-0.15, -0.1) is 0 Å². The average Bonchev–Trinajstić information content (AvgIpc) is 2.11. The number of aryl methyl sites for hydroxylation is 2. The van der Waals surface area contributed by atoms with Crippen LogP contribution >= 0.6 is 0 Å². The molecule has 0 aliphatic carbocycles. The lowest BCUT2D eigenvalue weighted by Crippen LogP contribution is -2.09. The van der Waals surface area contributed by atoms with Crippen molar-refractivity contribution in [1.29, 1.82) is 0 Å². The highest BCUT2D eigenvalue weighted by Crippen LogP contribution is 2.26. The van der Waals surface area contributed by atoms with E-state index in [1.54, 1.807) is 0 Å². The Balaban J connectivity index is 3.08. The summed E-state index contributed by atoms with van der Waals surface area (Å²) in [5.74, 6) is 2.11. The molecule has 0 saturated heterocycles. The minimum absolute atomic E-state index is 0.138. The molecule has 62 valence electrons. The van der Waals surface area contributed by atoms with Gasteiger partial charge in [-0.2, -0.15) is 0 Å². The van der Waals surface area contributed by atoms with Gasteiger partial charge in [-0.3, -0.25) is 0 Å². The summed E-state index contributed by atoms with van der Waals surface area (Å²) in [6.07, 6.45) is 0. The standard InChI is InChI=1S/C10H16O/c1-7-6-9(10(3,4)5)11-8(7)2/h6H,1-5H3. The van der Waals surface area contributed by atoms with Crippen molar-refractivity contribution in [1.82, 2.24) is 0 Å². The monoisotopic (exact) mass is 152 g/mol. The summed E-state index contributed by atoms with van der Waals surface area (Å²) in [6, 6.07) is 2.12. The minimum Gasteiger partial charge on any atom is -0.466 e. The minimum atomic E-state index is 0.138. The van der Waals surface area contributed by atoms with E-state index in [1.807, 2.05) is 6.92 Å². The highest BCUT2D eigenvalue weighted by molar-refractivity contribution is 5.22. The third-order valence-electron chi connectivity index (χ3n) is 1.91. The van der Waals surface area contributed by atoms with Crippen LogP contribution in [0.15, 0.2) is 10.5 Å². The van der Waals surface area contributed by atoms with Crippen LogP contribution in [-0.2, 0) is 5.41 Å². The van der Waals surface area contributed by atoms with Gasteiger partial charge in [-0.05, 0) is 25.5 Å². The smallest absolute Gasteiger partial charge is 0.109 e. The van der Waals surface area contributed by atoms with Crippen molar-refractivity contribution in [3.63, 3.8) is 0 Å². The molecule has 0 saturated carbocycles. The zero-order chi connectivity index (χ0) is 8.65. The van der Waals surface area contributed by atoms with Crippen molar-refractivity contribution in [2.75, 3.05) is 0 Å². The summed E-state index contributed by atoms with van der Waals surface area (Å²) in [7, 11) is 0. The molecule has 1 aromatic heterocycles. The lowest BCUT2D eigenvalue weighted by molar-refractivity contribution is 0.395. The summed E-state index contributed by atoms with van der Waals surface area (Å²) in [6.45, 7) is 10.6. The molecule has 11 heavy (non-hydrogen) atoms. The number of rotatable bonds is 0. The summed E-state index contributed by atoms with van der Waals surface area (Å²) in [5.41, 5.74) is 1.38. The molecule has 1 aromatic rings. The summed E-state index contributed by atoms with van der Waals surface area (Å²) >= 11 is 0. The SMILES string of the molecule is Cc1cc(C(C)(C)C)oc1C. The van der Waals surface area contributed by atoms with Gasteiger partial charge in [0.25, 0.3) is 0 Å². The second kappa shape index (κ2) is 2.40. The maximum absolute atomic E-state index is 5.58. The third kappa shape index (κ3) is 1.65. The van der Waals surface area contributed by atoms with E-state index >= 15 is 0 Å². The van der Waals surface area contributed by atoms with E-state index in [0.717, 1.165) is 11.5 Å². The molecule has 0 N–H and O–H groups in total. The van der Waals surface area contributed by atoms with Crippen LogP contribution in [0.25, 0.3) is 0 Å². The number of hydrogen-bond acceptors (Lipinski definition) is 1. The first kappa shape index (κ1) is 8.38. The fourth-order valence-corrected chi connectivity index (χ4v) is 0.943. The molecule has 0 radical (unpaired) electrons. The van der Waals surface area contributed by atoms with Crippen LogP contribution in [0, 0.1) is 13.8 Å². The predicted molar refractivity (Wildman–Crippen MR) is 46.9 cm³/mol. The zero-order valence-corrected chi connectivity index (χ0v) is 7.99. The van der Waals surface area contributed by atoms with E-state index < -0.39 is 0 Å². The molecule has 0 aliphatic heterocycles. The number of hydrogen-bond donors (Lipinski definition) is 0. The molecular formula is C10H16O. The molecule has 1 nitrogen and oxygen atoms in total. The Labute approximate surface area is 68.4 Å². The molecule has 0 unspecified atom stereocenters. The van der Waals surface area contributed by atoms with Gasteiger partial charge in [0.1, 0.15) is 11.5 Å². The van der Waals surface area contributed by atoms with Gasteiger partial charge in [-0.1, -0.05) is 20.8 Å². The van der Waals surface area contributed by atoms with Crippen LogP contribution in [-0.4, -0.2) is 0 Å². The average molecular weight is 152 g/mol. The normalized spacial score (nSPS) is 12.1. The molecule has 0 spiro atoms. The first-order valence-electron chi connectivity index (χ1n) is 3.99. The van der Waals surface area contributed by atoms with Crippen LogP contribution in [0.4, 0.5) is 0 Å². The molecule has 1 heterocycles. The largest absolute Gasteiger partial charge is 0.466 e. The molecule has 0 amide bonds. The van der Waals surface area contributed by atoms with Crippen LogP contribution in [0.2, 0.25) is 0 Å². The molecule has 0 bridgehead atoms. The zero-order valence-electron chi connectivity index (χ0n) is 7.99. The quantitative estimate of drug-likeness (QED) is 0.556. The van der Waals surface area contributed by atoms with Crippen molar-refractivity contribution in [3.8, 4) is 0 Å². The first-order chi connectivity index (χ1) is 4.91. The summed E-state index contributed by atoms with van der Waals surface area (Å²) in [5, 5.41) is 0. The van der Waals surface area contributed by atoms with E-state index in [0.29, 0.717) is 0 Å². The Bertz CT molecular complexity index is 231. The second-order valence-corrected chi connectivity index (χ2v) is 4.10. The fourth-order valence-electron chi connectivity index (χ4n) is 0.943. The maximum Gasteiger partial charge on any atom is 0.109 e. The Kier molecular flexibility index (Phi) is 1.83. The first-order valence-corrected chi connectivity index (χ1v) is 3.99. The van der Waals surface area contributed by atoms with Crippen molar-refractivity contribution in [2.45, 2.75) is 40.0 Å². The van der Waals surface area contributed by atoms with E-state index in [4.69, 9.17) is 4.42 Å². The van der Waals surface area contributed by atoms with Gasteiger partial charge in [0, 0.05) is 5.41 Å². The van der Waals surface area contributed by atoms with Crippen molar-refractivity contribution >= 4 is 0 Å². The van der Waals surface area contributed by atoms with Crippen molar-refractivity contribution < 1.29 is 4.42 Å². The maximum atomic E-state index is 5.58. The highest BCUT2D eigenvalue weighted by atomic mass is 16.3. The second-order valence-electron chi connectivity index (χ2n) is 4.10. The predicted octanol–water partition coefficient (Wildman–Crippen LogP) is 3.19. The van der Waals surface area contributed by atoms with Gasteiger partial charge in [0.05, 0.1) is 0 Å². The van der Waals surface area contributed by atoms with Crippen LogP contribution in [0.1, 0.15) is 37.9 Å². The van der Waals surface area contributed by atoms with Crippen molar-refractivity contribution in [3.05, 3.63) is 23.2 Å². The van der Waals surface area contributed by atoms with Crippen LogP contribution in [0.5, 0.6) is 0 Å². The van der Waals surface area contributed by atoms with Crippen LogP contribution < -0.4 is 0 Å². The van der Waals surface area contributed by atoms with Crippen LogP contribution in [0.3, 0.4) is 0 Å². The van der Waals surface area contributed by atoms with E-state index in [-0.39, 0.29) is 5.41 Å². The van der Waals surface area contributed by atoms with Gasteiger partial charge >= 0.3 is 0 Å². The molecule has 1 rings (SSSR count). The van der Waals surface area contributed by atoms with Gasteiger partial charge in [0.2, 0.25) is 0 Å². The molecule has 0 atom stereocenters. The Morgan fingerprint density at radius 1 is 1.18 bits per heavy atom. The van der Waals surface area contributed by atoms with Gasteiger partial charge < -0.3 is 4.42 Å². The van der Waals surface area contributed by atoms with E-state index in [2.05, 4.69) is 33.8 Å². The lowest BCUT2D eigenvalue weighted by atomic mass is 9.93. The molecule has 0 aromatic carbocycles. The van der Waals surface area contributed by atoms with Crippen molar-refractivity contribution in [2.24, 2.45) is 0 Å². The fraction of sp³-hybridized carbons (Fsp3) is 0.600. The topological polar surface area (TPSA) is 13.1 Å². The Morgan fingerprint density at radius 3 is 1.91 bits per heavy atom. The Hall–Kier alpha value is -0.720. The molecule has 1 heteroatoms. The van der Waals surface area contributed by atoms with Gasteiger partial charge in [-0.25, -0.2) is 0 Å². The lowest BCUT2D eigenvalue weighted by Gasteiger charge is -2.13. The van der Waals surface area contributed by atoms with E-state index in [9.17, 15) is 0 Å². The summed E-state index contributed by atoms with van der Waals surface area (Å²) < 4.78 is 5.58. The van der Waals surface area contributed by atoms with E-state index in [1.165, 1.54) is 5.56 Å². The molecular weight excluding hydrogens is 136 g/mol. The Morgan fingerprint density at radius 2 is 1.73 bits per heavy atom. The third-order valence-corrected chi connectivity index (χ3v) is 1.91. The molecule has 0 aliphatic rings. The highest BCUT2D eigenvalue weighted by Gasteiger charge is 2.18. The summed E-state index contributed by atoms with van der Waals surface area (Å²) in [4.78, 5) is 0. The van der Waals surface area contributed by atoms with Gasteiger partial charge in [0.15, 0.2) is 0 Å². The number of furan rings is 1. The molecule has 0 fully saturated rings.